The van der Waals surface area contributed by atoms with Gasteiger partial charge in [0.15, 0.2) is 10.2 Å². The number of benzene rings is 1. The number of aromatic amines is 1. The lowest BCUT2D eigenvalue weighted by Gasteiger charge is -2.00. The Labute approximate surface area is 128 Å². The van der Waals surface area contributed by atoms with Crippen LogP contribution in [-0.4, -0.2) is 31.0 Å². The summed E-state index contributed by atoms with van der Waals surface area (Å²) in [7, 11) is 0. The molecule has 0 radical (unpaired) electrons. The van der Waals surface area contributed by atoms with Crippen molar-refractivity contribution < 1.29 is 5.11 Å². The van der Waals surface area contributed by atoms with E-state index in [9.17, 15) is 10.4 Å². The Kier molecular flexibility index (Phi) is 3.85. The van der Waals surface area contributed by atoms with Gasteiger partial charge in [-0.05, 0) is 12.1 Å². The first-order valence-corrected chi connectivity index (χ1v) is 7.81. The van der Waals surface area contributed by atoms with E-state index < -0.39 is 0 Å². The van der Waals surface area contributed by atoms with Crippen molar-refractivity contribution in [3.05, 3.63) is 41.4 Å². The largest absolute Gasteiger partial charge is 0.510 e. The summed E-state index contributed by atoms with van der Waals surface area (Å²) in [6, 6.07) is 9.46. The number of thioether (sulfide) groups is 1. The SMILES string of the molecule is N#CC(=C(O)CSc1nncs1)c1nc2ccccc2[nH]1. The molecular formula is C13H9N5OS2. The van der Waals surface area contributed by atoms with Gasteiger partial charge in [0.2, 0.25) is 0 Å². The summed E-state index contributed by atoms with van der Waals surface area (Å²) >= 11 is 2.71. The quantitative estimate of drug-likeness (QED) is 0.436. The molecule has 6 nitrogen and oxygen atoms in total. The van der Waals surface area contributed by atoms with Crippen LogP contribution >= 0.6 is 23.1 Å². The first kappa shape index (κ1) is 13.6. The van der Waals surface area contributed by atoms with Crippen LogP contribution in [0.25, 0.3) is 16.6 Å². The minimum atomic E-state index is -0.0308. The molecular weight excluding hydrogens is 306 g/mol. The Balaban J connectivity index is 1.89. The van der Waals surface area contributed by atoms with Gasteiger partial charge in [-0.25, -0.2) is 4.98 Å². The second-order valence-electron chi connectivity index (χ2n) is 4.03. The third kappa shape index (κ3) is 2.89. The molecule has 8 heteroatoms. The number of nitrogens with zero attached hydrogens (tertiary/aromatic N) is 4. The zero-order chi connectivity index (χ0) is 14.7. The van der Waals surface area contributed by atoms with Gasteiger partial charge < -0.3 is 10.1 Å². The van der Waals surface area contributed by atoms with Crippen molar-refractivity contribution in [3.63, 3.8) is 0 Å². The van der Waals surface area contributed by atoms with Gasteiger partial charge in [-0.2, -0.15) is 5.26 Å². The summed E-state index contributed by atoms with van der Waals surface area (Å²) in [5, 5.41) is 27.0. The second-order valence-corrected chi connectivity index (χ2v) is 6.09. The van der Waals surface area contributed by atoms with Crippen molar-refractivity contribution in [2.45, 2.75) is 4.34 Å². The fourth-order valence-electron chi connectivity index (χ4n) is 1.75. The highest BCUT2D eigenvalue weighted by molar-refractivity contribution is 8.01. The topological polar surface area (TPSA) is 98.5 Å². The van der Waals surface area contributed by atoms with Gasteiger partial charge in [0.25, 0.3) is 0 Å². The van der Waals surface area contributed by atoms with Crippen LogP contribution in [0.3, 0.4) is 0 Å². The van der Waals surface area contributed by atoms with Gasteiger partial charge in [0.1, 0.15) is 22.9 Å². The predicted molar refractivity (Wildman–Crippen MR) is 81.9 cm³/mol. The van der Waals surface area contributed by atoms with Crippen LogP contribution in [0.5, 0.6) is 0 Å². The number of H-pyrrole nitrogens is 1. The van der Waals surface area contributed by atoms with Crippen LogP contribution in [0.4, 0.5) is 0 Å². The molecule has 1 aromatic carbocycles. The highest BCUT2D eigenvalue weighted by Gasteiger charge is 2.13. The minimum Gasteiger partial charge on any atom is -0.510 e. The smallest absolute Gasteiger partial charge is 0.174 e. The molecule has 21 heavy (non-hydrogen) atoms. The molecule has 3 rings (SSSR count). The van der Waals surface area contributed by atoms with Crippen molar-refractivity contribution in [2.24, 2.45) is 0 Å². The van der Waals surface area contributed by atoms with Crippen LogP contribution in [0, 0.1) is 11.3 Å². The third-order valence-corrected chi connectivity index (χ3v) is 4.57. The van der Waals surface area contributed by atoms with E-state index in [1.165, 1.54) is 23.1 Å². The Morgan fingerprint density at radius 2 is 2.29 bits per heavy atom. The molecule has 0 aliphatic carbocycles. The number of aromatic nitrogens is 4. The number of nitriles is 1. The lowest BCUT2D eigenvalue weighted by Crippen LogP contribution is -1.95. The molecule has 0 fully saturated rings. The van der Waals surface area contributed by atoms with E-state index >= 15 is 0 Å². The normalized spacial score (nSPS) is 12.1. The number of aliphatic hydroxyl groups is 1. The fourth-order valence-corrected chi connectivity index (χ4v) is 3.12. The molecule has 0 bridgehead atoms. The molecule has 0 aliphatic heterocycles. The molecule has 0 saturated heterocycles. The van der Waals surface area contributed by atoms with Gasteiger partial charge in [-0.15, -0.1) is 10.2 Å². The third-order valence-electron chi connectivity index (χ3n) is 2.70. The lowest BCUT2D eigenvalue weighted by molar-refractivity contribution is 0.420. The molecule has 0 spiro atoms. The van der Waals surface area contributed by atoms with E-state index in [2.05, 4.69) is 20.2 Å². The van der Waals surface area contributed by atoms with Gasteiger partial charge in [-0.3, -0.25) is 0 Å². The Morgan fingerprint density at radius 1 is 1.43 bits per heavy atom. The molecule has 2 aromatic heterocycles. The number of aliphatic hydroxyl groups excluding tert-OH is 1. The fraction of sp³-hybridized carbons (Fsp3) is 0.0769. The highest BCUT2D eigenvalue weighted by Crippen LogP contribution is 2.25. The maximum Gasteiger partial charge on any atom is 0.174 e. The van der Waals surface area contributed by atoms with Crippen molar-refractivity contribution in [1.29, 1.82) is 5.26 Å². The summed E-state index contributed by atoms with van der Waals surface area (Å²) in [6.07, 6.45) is 0. The van der Waals surface area contributed by atoms with Crippen LogP contribution in [0.2, 0.25) is 0 Å². The number of nitrogens with one attached hydrogen (secondary N) is 1. The second kappa shape index (κ2) is 5.95. The number of imidazole rings is 1. The summed E-state index contributed by atoms with van der Waals surface area (Å²) in [6.45, 7) is 0. The summed E-state index contributed by atoms with van der Waals surface area (Å²) < 4.78 is 0.739. The molecule has 0 amide bonds. The van der Waals surface area contributed by atoms with E-state index in [1.807, 2.05) is 30.3 Å². The predicted octanol–water partition coefficient (Wildman–Crippen LogP) is 3.00. The Bertz CT molecular complexity index is 799. The van der Waals surface area contributed by atoms with Crippen molar-refractivity contribution in [2.75, 3.05) is 5.75 Å². The van der Waals surface area contributed by atoms with Gasteiger partial charge in [-0.1, -0.05) is 35.2 Å². The van der Waals surface area contributed by atoms with Crippen molar-refractivity contribution in [3.8, 4) is 6.07 Å². The standard InChI is InChI=1S/C13H9N5OS2/c14-5-8(11(19)6-20-13-18-15-7-21-13)12-16-9-3-1-2-4-10(9)17-12/h1-4,7,19H,6H2,(H,16,17). The molecule has 2 N–H and O–H groups in total. The zero-order valence-electron chi connectivity index (χ0n) is 10.6. The van der Waals surface area contributed by atoms with E-state index in [0.29, 0.717) is 5.82 Å². The highest BCUT2D eigenvalue weighted by atomic mass is 32.2. The molecule has 0 aliphatic rings. The zero-order valence-corrected chi connectivity index (χ0v) is 12.3. The average Bonchev–Trinajstić information content (AvgIpc) is 3.15. The molecule has 2 heterocycles. The first-order chi connectivity index (χ1) is 10.3. The van der Waals surface area contributed by atoms with Crippen molar-refractivity contribution >= 4 is 39.7 Å². The van der Waals surface area contributed by atoms with Crippen LogP contribution < -0.4 is 0 Å². The van der Waals surface area contributed by atoms with Gasteiger partial charge in [0.05, 0.1) is 16.8 Å². The van der Waals surface area contributed by atoms with Crippen LogP contribution in [0.15, 0.2) is 39.9 Å². The molecule has 0 atom stereocenters. The Morgan fingerprint density at radius 3 is 3.00 bits per heavy atom. The Hall–Kier alpha value is -2.37. The van der Waals surface area contributed by atoms with Gasteiger partial charge >= 0.3 is 0 Å². The van der Waals surface area contributed by atoms with E-state index in [0.717, 1.165) is 15.4 Å². The lowest BCUT2D eigenvalue weighted by atomic mass is 10.2. The molecule has 0 unspecified atom stereocenters. The summed E-state index contributed by atoms with van der Waals surface area (Å²) in [4.78, 5) is 7.35. The van der Waals surface area contributed by atoms with Crippen molar-refractivity contribution in [1.82, 2.24) is 20.2 Å². The number of para-hydroxylation sites is 2. The number of hydrogen-bond donors (Lipinski definition) is 2. The van der Waals surface area contributed by atoms with Crippen LogP contribution in [-0.2, 0) is 0 Å². The van der Waals surface area contributed by atoms with E-state index in [1.54, 1.807) is 5.51 Å². The summed E-state index contributed by atoms with van der Waals surface area (Å²) in [5.74, 6) is 0.584. The maximum atomic E-state index is 10.1. The molecule has 104 valence electrons. The molecule has 0 saturated carbocycles. The first-order valence-electron chi connectivity index (χ1n) is 5.94. The van der Waals surface area contributed by atoms with E-state index in [4.69, 9.17) is 0 Å². The monoisotopic (exact) mass is 315 g/mol. The van der Waals surface area contributed by atoms with Gasteiger partial charge in [0, 0.05) is 0 Å². The number of allylic oxidation sites excluding steroid dienone is 1. The number of rotatable bonds is 4. The average molecular weight is 315 g/mol. The number of hydrogen-bond acceptors (Lipinski definition) is 7. The number of fused-ring (bicyclic) bond motifs is 1. The molecule has 3 aromatic rings. The maximum absolute atomic E-state index is 10.1. The van der Waals surface area contributed by atoms with Crippen LogP contribution in [0.1, 0.15) is 5.82 Å². The summed E-state index contributed by atoms with van der Waals surface area (Å²) in [5.41, 5.74) is 3.34. The van der Waals surface area contributed by atoms with E-state index in [-0.39, 0.29) is 17.1 Å². The minimum absolute atomic E-state index is 0.0308.